The highest BCUT2D eigenvalue weighted by atomic mass is 19.3. The molecule has 2 rings (SSSR count). The highest BCUT2D eigenvalue weighted by Gasteiger charge is 2.70. The highest BCUT2D eigenvalue weighted by molar-refractivity contribution is 5.40. The van der Waals surface area contributed by atoms with E-state index >= 15 is 0 Å². The lowest BCUT2D eigenvalue weighted by molar-refractivity contribution is 0.0865. The lowest BCUT2D eigenvalue weighted by Gasteiger charge is -2.15. The molecule has 1 saturated carbocycles. The Morgan fingerprint density at radius 3 is 2.12 bits per heavy atom. The zero-order chi connectivity index (χ0) is 11.8. The number of ether oxygens (including phenoxy) is 1. The lowest BCUT2D eigenvalue weighted by Crippen LogP contribution is -2.15. The third-order valence-corrected chi connectivity index (χ3v) is 3.42. The number of halogens is 2. The molecule has 0 aromatic heterocycles. The van der Waals surface area contributed by atoms with Crippen molar-refractivity contribution in [1.29, 1.82) is 0 Å². The van der Waals surface area contributed by atoms with Crippen molar-refractivity contribution in [2.75, 3.05) is 6.61 Å². The van der Waals surface area contributed by atoms with Crippen LogP contribution >= 0.6 is 0 Å². The van der Waals surface area contributed by atoms with Gasteiger partial charge >= 0.3 is 0 Å². The molecule has 1 unspecified atom stereocenters. The third-order valence-electron chi connectivity index (χ3n) is 3.42. The molecule has 1 aromatic carbocycles. The molecule has 0 aliphatic heterocycles. The maximum Gasteiger partial charge on any atom is 0.258 e. The number of hydrogen-bond donors (Lipinski definition) is 0. The SMILES string of the molecule is CCOc1ccc(C2(CC)CC2(F)F)cc1. The first-order valence-corrected chi connectivity index (χ1v) is 5.67. The van der Waals surface area contributed by atoms with Crippen molar-refractivity contribution in [3.63, 3.8) is 0 Å². The molecule has 1 aromatic rings. The summed E-state index contributed by atoms with van der Waals surface area (Å²) in [5, 5.41) is 0. The van der Waals surface area contributed by atoms with Crippen molar-refractivity contribution in [2.45, 2.75) is 38.0 Å². The summed E-state index contributed by atoms with van der Waals surface area (Å²) in [4.78, 5) is 0. The van der Waals surface area contributed by atoms with E-state index in [1.807, 2.05) is 13.8 Å². The summed E-state index contributed by atoms with van der Waals surface area (Å²) in [5.41, 5.74) is -0.193. The monoisotopic (exact) mass is 226 g/mol. The molecule has 1 atom stereocenters. The van der Waals surface area contributed by atoms with Crippen molar-refractivity contribution in [2.24, 2.45) is 0 Å². The first-order chi connectivity index (χ1) is 7.55. The van der Waals surface area contributed by atoms with Crippen molar-refractivity contribution in [3.8, 4) is 5.75 Å². The number of rotatable bonds is 4. The molecular weight excluding hydrogens is 210 g/mol. The van der Waals surface area contributed by atoms with E-state index in [4.69, 9.17) is 4.74 Å². The van der Waals surface area contributed by atoms with E-state index in [9.17, 15) is 8.78 Å². The summed E-state index contributed by atoms with van der Waals surface area (Å²) in [7, 11) is 0. The van der Waals surface area contributed by atoms with Crippen LogP contribution in [-0.4, -0.2) is 12.5 Å². The van der Waals surface area contributed by atoms with E-state index in [2.05, 4.69) is 0 Å². The van der Waals surface area contributed by atoms with E-state index in [0.29, 0.717) is 13.0 Å². The van der Waals surface area contributed by atoms with E-state index in [1.54, 1.807) is 24.3 Å². The first kappa shape index (κ1) is 11.4. The van der Waals surface area contributed by atoms with Gasteiger partial charge < -0.3 is 4.74 Å². The van der Waals surface area contributed by atoms with Crippen LogP contribution in [0.25, 0.3) is 0 Å². The van der Waals surface area contributed by atoms with Crippen LogP contribution in [0.1, 0.15) is 32.3 Å². The topological polar surface area (TPSA) is 9.23 Å². The average Bonchev–Trinajstić information content (AvgIpc) is 2.84. The van der Waals surface area contributed by atoms with Crippen molar-refractivity contribution in [3.05, 3.63) is 29.8 Å². The zero-order valence-electron chi connectivity index (χ0n) is 9.59. The summed E-state index contributed by atoms with van der Waals surface area (Å²) >= 11 is 0. The summed E-state index contributed by atoms with van der Waals surface area (Å²) in [6, 6.07) is 7.06. The van der Waals surface area contributed by atoms with Crippen LogP contribution in [0.5, 0.6) is 5.75 Å². The fraction of sp³-hybridized carbons (Fsp3) is 0.538. The molecule has 0 spiro atoms. The smallest absolute Gasteiger partial charge is 0.258 e. The van der Waals surface area contributed by atoms with Gasteiger partial charge in [-0.25, -0.2) is 8.78 Å². The van der Waals surface area contributed by atoms with Crippen molar-refractivity contribution in [1.82, 2.24) is 0 Å². The largest absolute Gasteiger partial charge is 0.494 e. The van der Waals surface area contributed by atoms with E-state index < -0.39 is 11.3 Å². The number of hydrogen-bond acceptors (Lipinski definition) is 1. The van der Waals surface area contributed by atoms with Gasteiger partial charge in [0.15, 0.2) is 0 Å². The molecule has 1 nitrogen and oxygen atoms in total. The van der Waals surface area contributed by atoms with Crippen LogP contribution in [0.4, 0.5) is 8.78 Å². The van der Waals surface area contributed by atoms with Crippen LogP contribution in [-0.2, 0) is 5.41 Å². The predicted molar refractivity (Wildman–Crippen MR) is 59.1 cm³/mol. The Morgan fingerprint density at radius 1 is 1.19 bits per heavy atom. The van der Waals surface area contributed by atoms with Crippen LogP contribution in [0.3, 0.4) is 0 Å². The van der Waals surface area contributed by atoms with E-state index in [1.165, 1.54) is 0 Å². The maximum atomic E-state index is 13.4. The quantitative estimate of drug-likeness (QED) is 0.759. The predicted octanol–water partition coefficient (Wildman–Crippen LogP) is 3.77. The van der Waals surface area contributed by atoms with Gasteiger partial charge in [-0.2, -0.15) is 0 Å². The Bertz CT molecular complexity index is 372. The molecule has 0 N–H and O–H groups in total. The summed E-state index contributed by atoms with van der Waals surface area (Å²) in [5.74, 6) is -1.80. The molecule has 0 heterocycles. The van der Waals surface area contributed by atoms with E-state index in [0.717, 1.165) is 11.3 Å². The second kappa shape index (κ2) is 3.72. The third kappa shape index (κ3) is 1.58. The molecular formula is C13H16F2O. The minimum absolute atomic E-state index is 0.0233. The second-order valence-corrected chi connectivity index (χ2v) is 4.27. The fourth-order valence-electron chi connectivity index (χ4n) is 2.27. The van der Waals surface area contributed by atoms with Gasteiger partial charge in [-0.15, -0.1) is 0 Å². The van der Waals surface area contributed by atoms with E-state index in [-0.39, 0.29) is 6.42 Å². The Kier molecular flexibility index (Phi) is 2.64. The first-order valence-electron chi connectivity index (χ1n) is 5.67. The standard InChI is InChI=1S/C13H16F2O/c1-3-12(9-13(12,14)15)10-5-7-11(8-6-10)16-4-2/h5-8H,3-4,9H2,1-2H3. The Labute approximate surface area is 94.4 Å². The maximum absolute atomic E-state index is 13.4. The van der Waals surface area contributed by atoms with Gasteiger partial charge in [-0.05, 0) is 31.0 Å². The Morgan fingerprint density at radius 2 is 1.75 bits per heavy atom. The van der Waals surface area contributed by atoms with Gasteiger partial charge in [0.2, 0.25) is 0 Å². The van der Waals surface area contributed by atoms with Crippen LogP contribution < -0.4 is 4.74 Å². The molecule has 0 saturated heterocycles. The molecule has 3 heteroatoms. The van der Waals surface area contributed by atoms with Crippen LogP contribution in [0.15, 0.2) is 24.3 Å². The molecule has 0 bridgehead atoms. The van der Waals surface area contributed by atoms with Gasteiger partial charge in [0.25, 0.3) is 5.92 Å². The van der Waals surface area contributed by atoms with Crippen molar-refractivity contribution < 1.29 is 13.5 Å². The normalized spacial score (nSPS) is 26.5. The summed E-state index contributed by atoms with van der Waals surface area (Å²) in [6.07, 6.45) is 0.457. The second-order valence-electron chi connectivity index (χ2n) is 4.27. The van der Waals surface area contributed by atoms with Gasteiger partial charge in [0.05, 0.1) is 12.0 Å². The number of benzene rings is 1. The minimum atomic E-state index is -2.53. The van der Waals surface area contributed by atoms with Gasteiger partial charge in [-0.3, -0.25) is 0 Å². The zero-order valence-corrected chi connectivity index (χ0v) is 9.59. The minimum Gasteiger partial charge on any atom is -0.494 e. The fourth-order valence-corrected chi connectivity index (χ4v) is 2.27. The van der Waals surface area contributed by atoms with Gasteiger partial charge in [0, 0.05) is 6.42 Å². The average molecular weight is 226 g/mol. The molecule has 1 aliphatic rings. The summed E-state index contributed by atoms with van der Waals surface area (Å²) in [6.45, 7) is 4.31. The lowest BCUT2D eigenvalue weighted by atomic mass is 9.92. The molecule has 0 amide bonds. The Hall–Kier alpha value is -1.12. The number of alkyl halides is 2. The molecule has 16 heavy (non-hydrogen) atoms. The van der Waals surface area contributed by atoms with Crippen molar-refractivity contribution >= 4 is 0 Å². The van der Waals surface area contributed by atoms with Crippen LogP contribution in [0, 0.1) is 0 Å². The Balaban J connectivity index is 2.22. The molecule has 88 valence electrons. The molecule has 0 radical (unpaired) electrons. The summed E-state index contributed by atoms with van der Waals surface area (Å²) < 4.78 is 32.0. The van der Waals surface area contributed by atoms with Gasteiger partial charge in [0.1, 0.15) is 5.75 Å². The highest BCUT2D eigenvalue weighted by Crippen LogP contribution is 2.63. The van der Waals surface area contributed by atoms with Gasteiger partial charge in [-0.1, -0.05) is 19.1 Å². The van der Waals surface area contributed by atoms with Crippen LogP contribution in [0.2, 0.25) is 0 Å². The molecule has 1 fully saturated rings. The molecule has 1 aliphatic carbocycles.